The number of rotatable bonds is 1. The predicted molar refractivity (Wildman–Crippen MR) is 53.8 cm³/mol. The number of amides is 1. The number of hydrogen-bond donors (Lipinski definition) is 2. The summed E-state index contributed by atoms with van der Waals surface area (Å²) in [5.41, 5.74) is -2.03. The van der Waals surface area contributed by atoms with E-state index in [0.29, 0.717) is 13.1 Å². The number of carbonyl (C=O) groups excluding carboxylic acids is 1. The highest BCUT2D eigenvalue weighted by Gasteiger charge is 2.40. The number of nitrogens with one attached hydrogen (secondary N) is 2. The van der Waals surface area contributed by atoms with E-state index in [4.69, 9.17) is 0 Å². The Morgan fingerprint density at radius 1 is 1.36 bits per heavy atom. The van der Waals surface area contributed by atoms with Gasteiger partial charge < -0.3 is 10.6 Å². The van der Waals surface area contributed by atoms with Crippen LogP contribution in [0.1, 0.15) is 33.6 Å². The molecule has 0 spiro atoms. The van der Waals surface area contributed by atoms with Gasteiger partial charge in [0.15, 0.2) is 5.67 Å². The highest BCUT2D eigenvalue weighted by atomic mass is 19.1. The van der Waals surface area contributed by atoms with Gasteiger partial charge in [0, 0.05) is 18.4 Å². The molecule has 0 aromatic rings. The van der Waals surface area contributed by atoms with Crippen LogP contribution in [0.5, 0.6) is 0 Å². The van der Waals surface area contributed by atoms with Crippen LogP contribution < -0.4 is 10.6 Å². The molecule has 0 aromatic carbocycles. The van der Waals surface area contributed by atoms with Crippen molar-refractivity contribution in [2.75, 3.05) is 13.1 Å². The van der Waals surface area contributed by atoms with E-state index < -0.39 is 11.6 Å². The van der Waals surface area contributed by atoms with E-state index in [1.807, 2.05) is 20.8 Å². The Morgan fingerprint density at radius 3 is 2.29 bits per heavy atom. The molecule has 4 heteroatoms. The van der Waals surface area contributed by atoms with Crippen molar-refractivity contribution in [3.63, 3.8) is 0 Å². The van der Waals surface area contributed by atoms with Crippen LogP contribution in [0.3, 0.4) is 0 Å². The first kappa shape index (κ1) is 11.4. The van der Waals surface area contributed by atoms with Gasteiger partial charge in [0.25, 0.3) is 5.91 Å². The van der Waals surface area contributed by atoms with E-state index in [9.17, 15) is 9.18 Å². The standard InChI is InChI=1S/C10H19FN2O/c1-9(2,3)13-8(14)10(11)4-6-12-7-5-10/h12H,4-7H2,1-3H3,(H,13,14). The molecule has 0 atom stereocenters. The second kappa shape index (κ2) is 3.85. The third-order valence-corrected chi connectivity index (χ3v) is 2.29. The van der Waals surface area contributed by atoms with Crippen LogP contribution in [0.15, 0.2) is 0 Å². The molecule has 1 heterocycles. The van der Waals surface area contributed by atoms with Gasteiger partial charge in [0.1, 0.15) is 0 Å². The molecule has 82 valence electrons. The van der Waals surface area contributed by atoms with Crippen LogP contribution in [0.2, 0.25) is 0 Å². The van der Waals surface area contributed by atoms with Crippen molar-refractivity contribution >= 4 is 5.91 Å². The van der Waals surface area contributed by atoms with Gasteiger partial charge >= 0.3 is 0 Å². The number of piperidine rings is 1. The fourth-order valence-electron chi connectivity index (χ4n) is 1.50. The highest BCUT2D eigenvalue weighted by molar-refractivity contribution is 5.85. The smallest absolute Gasteiger partial charge is 0.258 e. The quantitative estimate of drug-likeness (QED) is 0.666. The zero-order chi connectivity index (χ0) is 10.8. The molecule has 14 heavy (non-hydrogen) atoms. The molecule has 0 aliphatic carbocycles. The van der Waals surface area contributed by atoms with Crippen molar-refractivity contribution in [1.82, 2.24) is 10.6 Å². The molecule has 3 nitrogen and oxygen atoms in total. The monoisotopic (exact) mass is 202 g/mol. The maximum Gasteiger partial charge on any atom is 0.258 e. The SMILES string of the molecule is CC(C)(C)NC(=O)C1(F)CCNCC1. The number of halogens is 1. The molecule has 2 N–H and O–H groups in total. The molecule has 1 fully saturated rings. The van der Waals surface area contributed by atoms with E-state index in [1.54, 1.807) is 0 Å². The zero-order valence-electron chi connectivity index (χ0n) is 9.11. The molecule has 1 aliphatic heterocycles. The van der Waals surface area contributed by atoms with Gasteiger partial charge in [-0.3, -0.25) is 4.79 Å². The Kier molecular flexibility index (Phi) is 3.14. The van der Waals surface area contributed by atoms with E-state index in [2.05, 4.69) is 10.6 Å². The summed E-state index contributed by atoms with van der Waals surface area (Å²) in [6.07, 6.45) is 0.545. The van der Waals surface area contributed by atoms with Gasteiger partial charge in [-0.1, -0.05) is 0 Å². The summed E-state index contributed by atoms with van der Waals surface area (Å²) in [5.74, 6) is -0.466. The Labute approximate surface area is 84.4 Å². The Balaban J connectivity index is 2.58. The minimum absolute atomic E-state index is 0.273. The van der Waals surface area contributed by atoms with Crippen molar-refractivity contribution in [2.24, 2.45) is 0 Å². The van der Waals surface area contributed by atoms with Gasteiger partial charge in [-0.05, 0) is 33.9 Å². The summed E-state index contributed by atoms with van der Waals surface area (Å²) < 4.78 is 14.0. The maximum absolute atomic E-state index is 14.0. The van der Waals surface area contributed by atoms with Crippen molar-refractivity contribution in [3.8, 4) is 0 Å². The molecule has 1 aliphatic rings. The third kappa shape index (κ3) is 2.94. The summed E-state index contributed by atoms with van der Waals surface area (Å²) in [6.45, 7) is 6.72. The average molecular weight is 202 g/mol. The van der Waals surface area contributed by atoms with Crippen molar-refractivity contribution < 1.29 is 9.18 Å². The molecular weight excluding hydrogens is 183 g/mol. The lowest BCUT2D eigenvalue weighted by molar-refractivity contribution is -0.136. The summed E-state index contributed by atoms with van der Waals surface area (Å²) >= 11 is 0. The lowest BCUT2D eigenvalue weighted by atomic mass is 9.92. The minimum Gasteiger partial charge on any atom is -0.349 e. The molecule has 0 bridgehead atoms. The first-order chi connectivity index (χ1) is 6.33. The molecule has 1 rings (SSSR count). The van der Waals surface area contributed by atoms with Crippen LogP contribution in [-0.2, 0) is 4.79 Å². The van der Waals surface area contributed by atoms with E-state index >= 15 is 0 Å². The zero-order valence-corrected chi connectivity index (χ0v) is 9.11. The van der Waals surface area contributed by atoms with Crippen molar-refractivity contribution in [2.45, 2.75) is 44.8 Å². The Hall–Kier alpha value is -0.640. The summed E-state index contributed by atoms with van der Waals surface area (Å²) in [6, 6.07) is 0. The van der Waals surface area contributed by atoms with E-state index in [-0.39, 0.29) is 18.4 Å². The van der Waals surface area contributed by atoms with Crippen LogP contribution in [0.4, 0.5) is 4.39 Å². The topological polar surface area (TPSA) is 41.1 Å². The second-order valence-electron chi connectivity index (χ2n) is 4.92. The molecule has 0 radical (unpaired) electrons. The normalized spacial score (nSPS) is 21.7. The van der Waals surface area contributed by atoms with E-state index in [1.165, 1.54) is 0 Å². The maximum atomic E-state index is 14.0. The van der Waals surface area contributed by atoms with Gasteiger partial charge in [0.2, 0.25) is 0 Å². The third-order valence-electron chi connectivity index (χ3n) is 2.29. The molecule has 1 amide bonds. The van der Waals surface area contributed by atoms with Crippen LogP contribution in [0, 0.1) is 0 Å². The molecule has 1 saturated heterocycles. The fourth-order valence-corrected chi connectivity index (χ4v) is 1.50. The average Bonchev–Trinajstić information content (AvgIpc) is 2.02. The van der Waals surface area contributed by atoms with Gasteiger partial charge in [0.05, 0.1) is 0 Å². The summed E-state index contributed by atoms with van der Waals surface area (Å²) in [5, 5.41) is 5.73. The number of carbonyl (C=O) groups is 1. The second-order valence-corrected chi connectivity index (χ2v) is 4.92. The van der Waals surface area contributed by atoms with Crippen molar-refractivity contribution in [3.05, 3.63) is 0 Å². The largest absolute Gasteiger partial charge is 0.349 e. The summed E-state index contributed by atoms with van der Waals surface area (Å²) in [4.78, 5) is 11.6. The van der Waals surface area contributed by atoms with Gasteiger partial charge in [-0.2, -0.15) is 0 Å². The molecule has 0 unspecified atom stereocenters. The first-order valence-corrected chi connectivity index (χ1v) is 5.06. The van der Waals surface area contributed by atoms with Crippen molar-refractivity contribution in [1.29, 1.82) is 0 Å². The number of hydrogen-bond acceptors (Lipinski definition) is 2. The first-order valence-electron chi connectivity index (χ1n) is 5.06. The van der Waals surface area contributed by atoms with Crippen LogP contribution in [-0.4, -0.2) is 30.2 Å². The minimum atomic E-state index is -1.67. The van der Waals surface area contributed by atoms with Gasteiger partial charge in [-0.15, -0.1) is 0 Å². The lowest BCUT2D eigenvalue weighted by Crippen LogP contribution is -2.54. The Bertz CT molecular complexity index is 217. The summed E-state index contributed by atoms with van der Waals surface area (Å²) in [7, 11) is 0. The number of alkyl halides is 1. The molecule has 0 saturated carbocycles. The van der Waals surface area contributed by atoms with Gasteiger partial charge in [-0.25, -0.2) is 4.39 Å². The Morgan fingerprint density at radius 2 is 1.86 bits per heavy atom. The predicted octanol–water partition coefficient (Wildman–Crippen LogP) is 0.993. The molecular formula is C10H19FN2O. The lowest BCUT2D eigenvalue weighted by Gasteiger charge is -2.32. The fraction of sp³-hybridized carbons (Fsp3) is 0.900. The van der Waals surface area contributed by atoms with Crippen LogP contribution >= 0.6 is 0 Å². The highest BCUT2D eigenvalue weighted by Crippen LogP contribution is 2.24. The van der Waals surface area contributed by atoms with Crippen LogP contribution in [0.25, 0.3) is 0 Å². The molecule has 0 aromatic heterocycles. The van der Waals surface area contributed by atoms with E-state index in [0.717, 1.165) is 0 Å².